The smallest absolute Gasteiger partial charge is 0.144 e. The largest absolute Gasteiger partial charge is 0.484 e. The molecular weight excluding hydrogens is 306 g/mol. The van der Waals surface area contributed by atoms with Crippen LogP contribution in [0.1, 0.15) is 55.7 Å². The molecule has 0 saturated heterocycles. The van der Waals surface area contributed by atoms with Crippen molar-refractivity contribution in [2.75, 3.05) is 0 Å². The van der Waals surface area contributed by atoms with E-state index in [1.54, 1.807) is 23.5 Å². The van der Waals surface area contributed by atoms with Crippen LogP contribution in [0, 0.1) is 0 Å². The van der Waals surface area contributed by atoms with E-state index >= 15 is 0 Å². The number of halogens is 1. The zero-order valence-electron chi connectivity index (χ0n) is 12.3. The van der Waals surface area contributed by atoms with E-state index in [2.05, 4.69) is 25.8 Å². The minimum Gasteiger partial charge on any atom is -0.484 e. The van der Waals surface area contributed by atoms with Gasteiger partial charge in [0.2, 0.25) is 0 Å². The Labute approximate surface area is 133 Å². The minimum atomic E-state index is -0.572. The van der Waals surface area contributed by atoms with Gasteiger partial charge in [0.1, 0.15) is 11.9 Å². The number of rotatable bonds is 1. The molecule has 1 aromatic heterocycles. The number of fused-ring (bicyclic) bond motifs is 1. The van der Waals surface area contributed by atoms with Crippen molar-refractivity contribution in [1.29, 1.82) is 0 Å². The fraction of sp³-hybridized carbons (Fsp3) is 0.438. The quantitative estimate of drug-likeness (QED) is 0.830. The Balaban J connectivity index is 1.89. The lowest BCUT2D eigenvalue weighted by molar-refractivity contribution is 0.0639. The summed E-state index contributed by atoms with van der Waals surface area (Å²) in [6.45, 7) is 6.43. The Morgan fingerprint density at radius 1 is 1.38 bits per heavy atom. The topological polar surface area (TPSA) is 42.4 Å². The first-order valence-corrected chi connectivity index (χ1v) is 8.20. The van der Waals surface area contributed by atoms with Gasteiger partial charge in [0.25, 0.3) is 0 Å². The molecule has 0 bridgehead atoms. The molecule has 112 valence electrons. The number of benzene rings is 1. The summed E-state index contributed by atoms with van der Waals surface area (Å²) < 4.78 is 5.99. The predicted molar refractivity (Wildman–Crippen MR) is 85.2 cm³/mol. The molecule has 2 heterocycles. The summed E-state index contributed by atoms with van der Waals surface area (Å²) in [6.07, 6.45) is -0.279. The summed E-state index contributed by atoms with van der Waals surface area (Å²) in [6, 6.07) is 5.35. The predicted octanol–water partition coefficient (Wildman–Crippen LogP) is 4.65. The highest BCUT2D eigenvalue weighted by molar-refractivity contribution is 7.09. The van der Waals surface area contributed by atoms with Crippen LogP contribution in [-0.2, 0) is 5.41 Å². The molecule has 3 nitrogen and oxygen atoms in total. The number of aliphatic hydroxyl groups is 1. The van der Waals surface area contributed by atoms with E-state index in [1.807, 2.05) is 11.4 Å². The van der Waals surface area contributed by atoms with Crippen molar-refractivity contribution in [1.82, 2.24) is 4.98 Å². The first-order chi connectivity index (χ1) is 9.84. The van der Waals surface area contributed by atoms with Gasteiger partial charge in [-0.1, -0.05) is 32.4 Å². The third-order valence-corrected chi connectivity index (χ3v) is 5.05. The molecular formula is C16H18ClNO2S. The molecule has 2 aromatic rings. The summed E-state index contributed by atoms with van der Waals surface area (Å²) in [5.74, 6) is 0.688. The van der Waals surface area contributed by atoms with Gasteiger partial charge in [0.05, 0.1) is 16.8 Å². The van der Waals surface area contributed by atoms with Crippen LogP contribution in [0.4, 0.5) is 0 Å². The molecule has 1 aliphatic heterocycles. The number of aromatic nitrogens is 1. The third-order valence-electron chi connectivity index (χ3n) is 3.53. The zero-order valence-corrected chi connectivity index (χ0v) is 13.8. The summed E-state index contributed by atoms with van der Waals surface area (Å²) in [7, 11) is 0. The normalized spacial score (nSPS) is 21.8. The maximum atomic E-state index is 10.3. The van der Waals surface area contributed by atoms with Gasteiger partial charge >= 0.3 is 0 Å². The van der Waals surface area contributed by atoms with E-state index in [1.165, 1.54) is 0 Å². The van der Waals surface area contributed by atoms with Crippen LogP contribution < -0.4 is 4.74 Å². The van der Waals surface area contributed by atoms with E-state index in [9.17, 15) is 5.11 Å². The van der Waals surface area contributed by atoms with Crippen molar-refractivity contribution in [3.8, 4) is 5.75 Å². The Kier molecular flexibility index (Phi) is 3.72. The lowest BCUT2D eigenvalue weighted by Crippen LogP contribution is -2.20. The first kappa shape index (κ1) is 14.8. The number of ether oxygens (including phenoxy) is 1. The molecule has 5 heteroatoms. The SMILES string of the molecule is CC(C)(C)c1nc(C2C[C@H](O)c3cc(Cl)ccc3O2)cs1. The number of hydrogen-bond donors (Lipinski definition) is 1. The molecule has 1 unspecified atom stereocenters. The second kappa shape index (κ2) is 5.27. The molecule has 0 amide bonds. The van der Waals surface area contributed by atoms with Crippen LogP contribution in [-0.4, -0.2) is 10.1 Å². The Hall–Kier alpha value is -1.10. The summed E-state index contributed by atoms with van der Waals surface area (Å²) >= 11 is 7.61. The van der Waals surface area contributed by atoms with E-state index < -0.39 is 6.10 Å². The maximum absolute atomic E-state index is 10.3. The molecule has 0 aliphatic carbocycles. The molecule has 0 fully saturated rings. The van der Waals surface area contributed by atoms with Gasteiger partial charge in [-0.2, -0.15) is 0 Å². The van der Waals surface area contributed by atoms with E-state index in [4.69, 9.17) is 16.3 Å². The van der Waals surface area contributed by atoms with E-state index in [-0.39, 0.29) is 11.5 Å². The van der Waals surface area contributed by atoms with Crippen molar-refractivity contribution in [2.45, 2.75) is 44.8 Å². The van der Waals surface area contributed by atoms with Gasteiger partial charge < -0.3 is 9.84 Å². The monoisotopic (exact) mass is 323 g/mol. The maximum Gasteiger partial charge on any atom is 0.144 e. The molecule has 3 rings (SSSR count). The van der Waals surface area contributed by atoms with Crippen molar-refractivity contribution in [3.05, 3.63) is 44.9 Å². The first-order valence-electron chi connectivity index (χ1n) is 6.94. The number of aliphatic hydroxyl groups excluding tert-OH is 1. The molecule has 0 spiro atoms. The van der Waals surface area contributed by atoms with Crippen LogP contribution in [0.25, 0.3) is 0 Å². The van der Waals surface area contributed by atoms with Crippen molar-refractivity contribution in [2.24, 2.45) is 0 Å². The highest BCUT2D eigenvalue weighted by Gasteiger charge is 2.30. The Morgan fingerprint density at radius 3 is 2.81 bits per heavy atom. The number of hydrogen-bond acceptors (Lipinski definition) is 4. The molecule has 21 heavy (non-hydrogen) atoms. The van der Waals surface area contributed by atoms with Gasteiger partial charge in [-0.25, -0.2) is 4.98 Å². The zero-order chi connectivity index (χ0) is 15.2. The van der Waals surface area contributed by atoms with E-state index in [0.29, 0.717) is 17.2 Å². The van der Waals surface area contributed by atoms with Gasteiger partial charge in [-0.05, 0) is 18.2 Å². The number of thiazole rings is 1. The highest BCUT2D eigenvalue weighted by atomic mass is 35.5. The summed E-state index contributed by atoms with van der Waals surface area (Å²) in [5.41, 5.74) is 1.68. The second-order valence-electron chi connectivity index (χ2n) is 6.37. The molecule has 0 radical (unpaired) electrons. The van der Waals surface area contributed by atoms with Gasteiger partial charge in [-0.15, -0.1) is 11.3 Å². The lowest BCUT2D eigenvalue weighted by atomic mass is 9.97. The Morgan fingerprint density at radius 2 is 2.14 bits per heavy atom. The lowest BCUT2D eigenvalue weighted by Gasteiger charge is -2.28. The Bertz CT molecular complexity index is 663. The molecule has 1 N–H and O–H groups in total. The fourth-order valence-corrected chi connectivity index (χ4v) is 3.51. The van der Waals surface area contributed by atoms with Crippen LogP contribution in [0.2, 0.25) is 5.02 Å². The molecule has 0 saturated carbocycles. The van der Waals surface area contributed by atoms with Gasteiger partial charge in [0, 0.05) is 27.8 Å². The van der Waals surface area contributed by atoms with Gasteiger partial charge in [0.15, 0.2) is 0 Å². The van der Waals surface area contributed by atoms with Crippen molar-refractivity contribution >= 4 is 22.9 Å². The van der Waals surface area contributed by atoms with Crippen LogP contribution >= 0.6 is 22.9 Å². The minimum absolute atomic E-state index is 0.0294. The highest BCUT2D eigenvalue weighted by Crippen LogP contribution is 2.42. The molecule has 1 aliphatic rings. The average molecular weight is 324 g/mol. The van der Waals surface area contributed by atoms with E-state index in [0.717, 1.165) is 16.3 Å². The standard InChI is InChI=1S/C16H18ClNO2S/c1-16(2,3)15-18-11(8-21-15)14-7-12(19)10-6-9(17)4-5-13(10)20-14/h4-6,8,12,14,19H,7H2,1-3H3/t12-,14?/m0/s1. The van der Waals surface area contributed by atoms with Gasteiger partial charge in [-0.3, -0.25) is 0 Å². The average Bonchev–Trinajstić information content (AvgIpc) is 2.89. The van der Waals surface area contributed by atoms with Crippen molar-refractivity contribution < 1.29 is 9.84 Å². The third kappa shape index (κ3) is 2.93. The molecule has 2 atom stereocenters. The number of nitrogens with zero attached hydrogens (tertiary/aromatic N) is 1. The van der Waals surface area contributed by atoms with Crippen LogP contribution in [0.3, 0.4) is 0 Å². The summed E-state index contributed by atoms with van der Waals surface area (Å²) in [5, 5.41) is 14.0. The van der Waals surface area contributed by atoms with Crippen LogP contribution in [0.15, 0.2) is 23.6 Å². The summed E-state index contributed by atoms with van der Waals surface area (Å²) in [4.78, 5) is 4.69. The van der Waals surface area contributed by atoms with Crippen LogP contribution in [0.5, 0.6) is 5.75 Å². The van der Waals surface area contributed by atoms with Crippen molar-refractivity contribution in [3.63, 3.8) is 0 Å². The second-order valence-corrected chi connectivity index (χ2v) is 7.66. The molecule has 1 aromatic carbocycles. The fourth-order valence-electron chi connectivity index (χ4n) is 2.38.